The van der Waals surface area contributed by atoms with Crippen LogP contribution in [-0.2, 0) is 16.0 Å². The van der Waals surface area contributed by atoms with Crippen LogP contribution >= 0.6 is 0 Å². The van der Waals surface area contributed by atoms with Gasteiger partial charge in [0.1, 0.15) is 5.54 Å². The van der Waals surface area contributed by atoms with Crippen molar-refractivity contribution in [1.82, 2.24) is 15.8 Å². The van der Waals surface area contributed by atoms with Crippen molar-refractivity contribution in [3.63, 3.8) is 0 Å². The molecule has 1 aromatic carbocycles. The Morgan fingerprint density at radius 3 is 2.59 bits per heavy atom. The van der Waals surface area contributed by atoms with Crippen LogP contribution < -0.4 is 10.7 Å². The van der Waals surface area contributed by atoms with Crippen molar-refractivity contribution in [3.05, 3.63) is 35.9 Å². The van der Waals surface area contributed by atoms with Gasteiger partial charge in [0.2, 0.25) is 5.91 Å². The zero-order valence-electron chi connectivity index (χ0n) is 16.0. The number of urea groups is 1. The molecule has 2 N–H and O–H groups in total. The lowest BCUT2D eigenvalue weighted by molar-refractivity contribution is -0.139. The van der Waals surface area contributed by atoms with Gasteiger partial charge in [0, 0.05) is 6.42 Å². The van der Waals surface area contributed by atoms with Crippen LogP contribution in [0.1, 0.15) is 63.9 Å². The lowest BCUT2D eigenvalue weighted by Crippen LogP contribution is -2.49. The van der Waals surface area contributed by atoms with Crippen LogP contribution in [0.5, 0.6) is 0 Å². The van der Waals surface area contributed by atoms with E-state index in [4.69, 9.17) is 0 Å². The predicted molar refractivity (Wildman–Crippen MR) is 102 cm³/mol. The number of carbonyl (C=O) groups is 3. The second-order valence-corrected chi connectivity index (χ2v) is 7.97. The number of imide groups is 1. The maximum absolute atomic E-state index is 12.7. The monoisotopic (exact) mass is 371 g/mol. The Labute approximate surface area is 160 Å². The predicted octanol–water partition coefficient (Wildman–Crippen LogP) is 3.32. The van der Waals surface area contributed by atoms with Crippen LogP contribution in [0.15, 0.2) is 30.3 Å². The highest BCUT2D eigenvalue weighted by Gasteiger charge is 2.48. The molecule has 6 heteroatoms. The van der Waals surface area contributed by atoms with E-state index < -0.39 is 17.5 Å². The van der Waals surface area contributed by atoms with Gasteiger partial charge in [0.15, 0.2) is 0 Å². The van der Waals surface area contributed by atoms with Crippen LogP contribution in [0.3, 0.4) is 0 Å². The second-order valence-electron chi connectivity index (χ2n) is 7.97. The Kier molecular flexibility index (Phi) is 6.14. The minimum absolute atomic E-state index is 0.267. The zero-order chi connectivity index (χ0) is 19.3. The summed E-state index contributed by atoms with van der Waals surface area (Å²) in [6.07, 6.45) is 8.43. The van der Waals surface area contributed by atoms with E-state index in [0.29, 0.717) is 25.2 Å². The van der Waals surface area contributed by atoms with Gasteiger partial charge < -0.3 is 5.32 Å². The summed E-state index contributed by atoms with van der Waals surface area (Å²) >= 11 is 0. The molecule has 4 amide bonds. The summed E-state index contributed by atoms with van der Waals surface area (Å²) in [4.78, 5) is 37.2. The van der Waals surface area contributed by atoms with Crippen molar-refractivity contribution < 1.29 is 14.4 Å². The molecule has 1 aromatic rings. The molecule has 1 saturated carbocycles. The fourth-order valence-electron chi connectivity index (χ4n) is 3.99. The van der Waals surface area contributed by atoms with E-state index in [1.54, 1.807) is 6.92 Å². The molecule has 1 saturated heterocycles. The Bertz CT molecular complexity index is 685. The summed E-state index contributed by atoms with van der Waals surface area (Å²) in [5, 5.41) is 3.59. The van der Waals surface area contributed by atoms with Crippen LogP contribution in [0.4, 0.5) is 4.79 Å². The molecule has 0 radical (unpaired) electrons. The van der Waals surface area contributed by atoms with Gasteiger partial charge in [-0.2, -0.15) is 5.01 Å². The van der Waals surface area contributed by atoms with Crippen LogP contribution in [0.2, 0.25) is 0 Å². The molecule has 2 aliphatic rings. The molecule has 1 aliphatic heterocycles. The summed E-state index contributed by atoms with van der Waals surface area (Å²) in [6, 6.07) is 9.28. The third-order valence-electron chi connectivity index (χ3n) is 5.76. The molecule has 146 valence electrons. The van der Waals surface area contributed by atoms with E-state index in [2.05, 4.69) is 10.7 Å². The molecule has 1 aliphatic carbocycles. The van der Waals surface area contributed by atoms with Crippen molar-refractivity contribution in [2.24, 2.45) is 5.92 Å². The number of hydrazine groups is 1. The van der Waals surface area contributed by atoms with E-state index in [0.717, 1.165) is 17.0 Å². The molecule has 0 spiro atoms. The third-order valence-corrected chi connectivity index (χ3v) is 5.76. The zero-order valence-corrected chi connectivity index (χ0v) is 16.0. The van der Waals surface area contributed by atoms with E-state index >= 15 is 0 Å². The van der Waals surface area contributed by atoms with Gasteiger partial charge >= 0.3 is 6.03 Å². The average Bonchev–Trinajstić information content (AvgIpc) is 2.90. The van der Waals surface area contributed by atoms with Gasteiger partial charge in [0.05, 0.1) is 0 Å². The molecule has 0 aromatic heterocycles. The van der Waals surface area contributed by atoms with Gasteiger partial charge in [-0.05, 0) is 37.7 Å². The quantitative estimate of drug-likeness (QED) is 0.722. The molecule has 3 rings (SSSR count). The third kappa shape index (κ3) is 4.87. The molecule has 27 heavy (non-hydrogen) atoms. The number of hydrogen-bond acceptors (Lipinski definition) is 3. The molecule has 0 bridgehead atoms. The van der Waals surface area contributed by atoms with Crippen LogP contribution in [0, 0.1) is 5.92 Å². The minimum atomic E-state index is -0.996. The summed E-state index contributed by atoms with van der Waals surface area (Å²) in [7, 11) is 0. The Balaban J connectivity index is 1.51. The minimum Gasteiger partial charge on any atom is -0.322 e. The van der Waals surface area contributed by atoms with Gasteiger partial charge in [0.25, 0.3) is 5.91 Å². The summed E-state index contributed by atoms with van der Waals surface area (Å²) < 4.78 is 0. The first-order valence-corrected chi connectivity index (χ1v) is 9.98. The summed E-state index contributed by atoms with van der Waals surface area (Å²) in [5.74, 6) is -0.0745. The highest BCUT2D eigenvalue weighted by molar-refractivity contribution is 6.07. The normalized spacial score (nSPS) is 23.4. The Morgan fingerprint density at radius 2 is 1.89 bits per heavy atom. The molecule has 1 heterocycles. The van der Waals surface area contributed by atoms with E-state index in [1.807, 2.05) is 30.3 Å². The number of benzene rings is 1. The number of rotatable bonds is 7. The second kappa shape index (κ2) is 8.55. The maximum Gasteiger partial charge on any atom is 0.344 e. The van der Waals surface area contributed by atoms with E-state index in [1.165, 1.54) is 32.1 Å². The van der Waals surface area contributed by atoms with Crippen molar-refractivity contribution in [3.8, 4) is 0 Å². The number of aryl methyl sites for hydroxylation is 1. The van der Waals surface area contributed by atoms with Gasteiger partial charge in [-0.25, -0.2) is 4.79 Å². The first-order chi connectivity index (χ1) is 13.0. The van der Waals surface area contributed by atoms with Crippen LogP contribution in [-0.4, -0.2) is 28.4 Å². The van der Waals surface area contributed by atoms with Crippen molar-refractivity contribution >= 4 is 17.8 Å². The van der Waals surface area contributed by atoms with Gasteiger partial charge in [-0.3, -0.25) is 15.0 Å². The lowest BCUT2D eigenvalue weighted by Gasteiger charge is -2.22. The molecular formula is C21H29N3O3. The first-order valence-electron chi connectivity index (χ1n) is 9.98. The number of nitrogens with one attached hydrogen (secondary N) is 2. The Morgan fingerprint density at radius 1 is 1.19 bits per heavy atom. The van der Waals surface area contributed by atoms with Crippen molar-refractivity contribution in [2.45, 2.75) is 70.3 Å². The van der Waals surface area contributed by atoms with Gasteiger partial charge in [-0.1, -0.05) is 62.4 Å². The molecule has 1 atom stereocenters. The molecule has 2 fully saturated rings. The topological polar surface area (TPSA) is 78.5 Å². The van der Waals surface area contributed by atoms with Crippen LogP contribution in [0.25, 0.3) is 0 Å². The number of hydrogen-bond donors (Lipinski definition) is 2. The highest BCUT2D eigenvalue weighted by Crippen LogP contribution is 2.27. The number of amides is 4. The number of carbonyl (C=O) groups excluding carboxylic acids is 3. The molecule has 6 nitrogen and oxygen atoms in total. The largest absolute Gasteiger partial charge is 0.344 e. The SMILES string of the molecule is CC1(CCc2ccccc2)NC(=O)N(NC(=O)CCC2CCCCC2)C1=O. The fourth-order valence-corrected chi connectivity index (χ4v) is 3.99. The fraction of sp³-hybridized carbons (Fsp3) is 0.571. The maximum atomic E-state index is 12.7. The summed E-state index contributed by atoms with van der Waals surface area (Å²) in [6.45, 7) is 1.71. The van der Waals surface area contributed by atoms with Gasteiger partial charge in [-0.15, -0.1) is 0 Å². The highest BCUT2D eigenvalue weighted by atomic mass is 16.2. The molecule has 1 unspecified atom stereocenters. The average molecular weight is 371 g/mol. The smallest absolute Gasteiger partial charge is 0.322 e. The van der Waals surface area contributed by atoms with E-state index in [9.17, 15) is 14.4 Å². The molecular weight excluding hydrogens is 342 g/mol. The number of nitrogens with zero attached hydrogens (tertiary/aromatic N) is 1. The lowest BCUT2D eigenvalue weighted by atomic mass is 9.86. The van der Waals surface area contributed by atoms with Crippen molar-refractivity contribution in [2.75, 3.05) is 0 Å². The Hall–Kier alpha value is -2.37. The summed E-state index contributed by atoms with van der Waals surface area (Å²) in [5.41, 5.74) is 2.61. The standard InChI is InChI=1S/C21H29N3O3/c1-21(15-14-17-10-6-3-7-11-17)19(26)24(20(27)22-21)23-18(25)13-12-16-8-4-2-5-9-16/h3,6-7,10-11,16H,2,4-5,8-9,12-15H2,1H3,(H,22,27)(H,23,25). The van der Waals surface area contributed by atoms with Crippen molar-refractivity contribution in [1.29, 1.82) is 0 Å². The van der Waals surface area contributed by atoms with E-state index in [-0.39, 0.29) is 5.91 Å². The first kappa shape index (κ1) is 19.4.